The van der Waals surface area contributed by atoms with E-state index in [1.807, 2.05) is 0 Å². The van der Waals surface area contributed by atoms with Gasteiger partial charge in [-0.3, -0.25) is 4.79 Å². The van der Waals surface area contributed by atoms with Crippen LogP contribution in [0.2, 0.25) is 5.02 Å². The van der Waals surface area contributed by atoms with E-state index in [9.17, 15) is 9.59 Å². The Balaban J connectivity index is 3.17. The minimum atomic E-state index is -1.26. The second kappa shape index (κ2) is 5.66. The number of nitrogens with one attached hydrogen (secondary N) is 1. The first-order valence-corrected chi connectivity index (χ1v) is 5.52. The highest BCUT2D eigenvalue weighted by Gasteiger charge is 2.18. The lowest BCUT2D eigenvalue weighted by Crippen LogP contribution is -2.14. The Bertz CT molecular complexity index is 525. The first-order chi connectivity index (χ1) is 7.97. The number of carboxylic acid groups (broad SMARTS) is 1. The third-order valence-electron chi connectivity index (χ3n) is 1.82. The molecule has 2 N–H and O–H groups in total. The lowest BCUT2D eigenvalue weighted by Gasteiger charge is -2.09. The van der Waals surface area contributed by atoms with E-state index in [-0.39, 0.29) is 22.7 Å². The number of benzene rings is 1. The molecule has 88 valence electrons. The topological polar surface area (TPSA) is 90.2 Å². The van der Waals surface area contributed by atoms with Gasteiger partial charge in [0, 0.05) is 4.47 Å². The molecule has 0 aromatic heterocycles. The predicted octanol–water partition coefficient (Wildman–Crippen LogP) is 2.65. The molecule has 7 heteroatoms. The maximum atomic E-state index is 11.2. The number of hydrogen-bond donors (Lipinski definition) is 2. The molecule has 5 nitrogen and oxygen atoms in total. The zero-order valence-corrected chi connectivity index (χ0v) is 10.7. The number of rotatable bonds is 3. The van der Waals surface area contributed by atoms with Crippen molar-refractivity contribution >= 4 is 45.1 Å². The van der Waals surface area contributed by atoms with Gasteiger partial charge in [0.05, 0.1) is 16.8 Å². The zero-order chi connectivity index (χ0) is 13.0. The van der Waals surface area contributed by atoms with Gasteiger partial charge in [-0.25, -0.2) is 4.79 Å². The number of nitriles is 1. The Hall–Kier alpha value is -1.58. The number of aromatic carboxylic acids is 1. The predicted molar refractivity (Wildman–Crippen MR) is 65.0 cm³/mol. The smallest absolute Gasteiger partial charge is 0.339 e. The van der Waals surface area contributed by atoms with Gasteiger partial charge in [0.15, 0.2) is 0 Å². The molecular formula is C10H6BrClN2O3. The maximum absolute atomic E-state index is 11.2. The fourth-order valence-corrected chi connectivity index (χ4v) is 1.71. The highest BCUT2D eigenvalue weighted by atomic mass is 79.9. The number of carbonyl (C=O) groups excluding carboxylic acids is 1. The zero-order valence-electron chi connectivity index (χ0n) is 8.33. The van der Waals surface area contributed by atoms with Gasteiger partial charge in [-0.05, 0) is 28.1 Å². The maximum Gasteiger partial charge on any atom is 0.339 e. The molecule has 0 fully saturated rings. The van der Waals surface area contributed by atoms with Crippen LogP contribution >= 0.6 is 27.5 Å². The van der Waals surface area contributed by atoms with Gasteiger partial charge in [0.1, 0.15) is 12.0 Å². The summed E-state index contributed by atoms with van der Waals surface area (Å²) in [6.45, 7) is 0. The normalized spacial score (nSPS) is 9.47. The van der Waals surface area contributed by atoms with Crippen molar-refractivity contribution in [3.05, 3.63) is 27.2 Å². The minimum absolute atomic E-state index is 0.00717. The van der Waals surface area contributed by atoms with Gasteiger partial charge in [0.2, 0.25) is 5.91 Å². The van der Waals surface area contributed by atoms with Crippen molar-refractivity contribution in [3.63, 3.8) is 0 Å². The third-order valence-corrected chi connectivity index (χ3v) is 3.10. The van der Waals surface area contributed by atoms with Crippen molar-refractivity contribution in [1.82, 2.24) is 0 Å². The van der Waals surface area contributed by atoms with Crippen LogP contribution in [0, 0.1) is 11.3 Å². The standard InChI is InChI=1S/C10H6BrClN2O3/c11-5-1-2-6(14-7(15)3-4-13)8(9(5)12)10(16)17/h1-2H,3H2,(H,14,15)(H,16,17). The van der Waals surface area contributed by atoms with Crippen molar-refractivity contribution in [2.24, 2.45) is 0 Å². The molecule has 0 saturated heterocycles. The van der Waals surface area contributed by atoms with E-state index in [1.54, 1.807) is 6.07 Å². The number of halogens is 2. The van der Waals surface area contributed by atoms with Crippen LogP contribution in [0.3, 0.4) is 0 Å². The van der Waals surface area contributed by atoms with Crippen LogP contribution in [0.4, 0.5) is 5.69 Å². The van der Waals surface area contributed by atoms with E-state index >= 15 is 0 Å². The molecule has 17 heavy (non-hydrogen) atoms. The van der Waals surface area contributed by atoms with Crippen molar-refractivity contribution in [2.45, 2.75) is 6.42 Å². The number of amides is 1. The summed E-state index contributed by atoms with van der Waals surface area (Å²) in [7, 11) is 0. The van der Waals surface area contributed by atoms with E-state index in [2.05, 4.69) is 21.2 Å². The molecule has 0 bridgehead atoms. The van der Waals surface area contributed by atoms with Crippen LogP contribution < -0.4 is 5.32 Å². The largest absolute Gasteiger partial charge is 0.478 e. The van der Waals surface area contributed by atoms with Gasteiger partial charge in [-0.2, -0.15) is 5.26 Å². The molecule has 0 saturated carbocycles. The Morgan fingerprint density at radius 1 is 1.53 bits per heavy atom. The van der Waals surface area contributed by atoms with E-state index < -0.39 is 11.9 Å². The SMILES string of the molecule is N#CCC(=O)Nc1ccc(Br)c(Cl)c1C(=O)O. The number of nitrogens with zero attached hydrogens (tertiary/aromatic N) is 1. The molecule has 0 radical (unpaired) electrons. The molecule has 0 aliphatic rings. The Labute approximate surface area is 110 Å². The molecule has 1 aromatic rings. The summed E-state index contributed by atoms with van der Waals surface area (Å²) in [4.78, 5) is 22.2. The fourth-order valence-electron chi connectivity index (χ4n) is 1.13. The molecule has 0 spiro atoms. The Morgan fingerprint density at radius 2 is 2.18 bits per heavy atom. The molecule has 0 aliphatic carbocycles. The second-order valence-electron chi connectivity index (χ2n) is 2.97. The fraction of sp³-hybridized carbons (Fsp3) is 0.100. The summed E-state index contributed by atoms with van der Waals surface area (Å²) >= 11 is 8.90. The molecule has 0 atom stereocenters. The molecule has 1 rings (SSSR count). The first kappa shape index (κ1) is 13.5. The molecule has 0 unspecified atom stereocenters. The van der Waals surface area contributed by atoms with Crippen LogP contribution in [0.1, 0.15) is 16.8 Å². The average molecular weight is 318 g/mol. The monoisotopic (exact) mass is 316 g/mol. The number of anilines is 1. The van der Waals surface area contributed by atoms with Crippen LogP contribution in [0.5, 0.6) is 0 Å². The number of carboxylic acids is 1. The average Bonchev–Trinajstić information content (AvgIpc) is 2.23. The lowest BCUT2D eigenvalue weighted by atomic mass is 10.1. The van der Waals surface area contributed by atoms with Gasteiger partial charge < -0.3 is 10.4 Å². The van der Waals surface area contributed by atoms with Gasteiger partial charge in [0.25, 0.3) is 0 Å². The molecular weight excluding hydrogens is 311 g/mol. The third kappa shape index (κ3) is 3.19. The van der Waals surface area contributed by atoms with Gasteiger partial charge >= 0.3 is 5.97 Å². The van der Waals surface area contributed by atoms with Crippen LogP contribution in [0.15, 0.2) is 16.6 Å². The Kier molecular flexibility index (Phi) is 4.49. The molecule has 0 aliphatic heterocycles. The minimum Gasteiger partial charge on any atom is -0.478 e. The van der Waals surface area contributed by atoms with Crippen molar-refractivity contribution in [2.75, 3.05) is 5.32 Å². The lowest BCUT2D eigenvalue weighted by molar-refractivity contribution is -0.115. The quantitative estimate of drug-likeness (QED) is 0.896. The van der Waals surface area contributed by atoms with E-state index in [1.165, 1.54) is 12.1 Å². The number of hydrogen-bond acceptors (Lipinski definition) is 3. The molecule has 0 heterocycles. The summed E-state index contributed by atoms with van der Waals surface area (Å²) < 4.78 is 0.412. The summed E-state index contributed by atoms with van der Waals surface area (Å²) in [6.07, 6.45) is -0.354. The van der Waals surface area contributed by atoms with Crippen LogP contribution in [-0.2, 0) is 4.79 Å². The summed E-state index contributed by atoms with van der Waals surface area (Å²) in [5.41, 5.74) is -0.154. The molecule has 1 aromatic carbocycles. The van der Waals surface area contributed by atoms with Gasteiger partial charge in [-0.15, -0.1) is 0 Å². The van der Waals surface area contributed by atoms with Crippen LogP contribution in [-0.4, -0.2) is 17.0 Å². The van der Waals surface area contributed by atoms with E-state index in [0.717, 1.165) is 0 Å². The molecule has 1 amide bonds. The Morgan fingerprint density at radius 3 is 2.71 bits per heavy atom. The number of carbonyl (C=O) groups is 2. The second-order valence-corrected chi connectivity index (χ2v) is 4.20. The highest BCUT2D eigenvalue weighted by molar-refractivity contribution is 9.10. The highest BCUT2D eigenvalue weighted by Crippen LogP contribution is 2.31. The summed E-state index contributed by atoms with van der Waals surface area (Å²) in [5.74, 6) is -1.85. The van der Waals surface area contributed by atoms with Crippen molar-refractivity contribution in [1.29, 1.82) is 5.26 Å². The first-order valence-electron chi connectivity index (χ1n) is 4.35. The van der Waals surface area contributed by atoms with Crippen molar-refractivity contribution < 1.29 is 14.7 Å². The van der Waals surface area contributed by atoms with E-state index in [4.69, 9.17) is 22.0 Å². The summed E-state index contributed by atoms with van der Waals surface area (Å²) in [5, 5.41) is 19.6. The summed E-state index contributed by atoms with van der Waals surface area (Å²) in [6, 6.07) is 4.57. The van der Waals surface area contributed by atoms with Crippen LogP contribution in [0.25, 0.3) is 0 Å². The van der Waals surface area contributed by atoms with Crippen molar-refractivity contribution in [3.8, 4) is 6.07 Å². The van der Waals surface area contributed by atoms with E-state index in [0.29, 0.717) is 4.47 Å². The van der Waals surface area contributed by atoms with Gasteiger partial charge in [-0.1, -0.05) is 11.6 Å².